The highest BCUT2D eigenvalue weighted by Gasteiger charge is 2.28. The molecule has 4 nitrogen and oxygen atoms in total. The second-order valence-corrected chi connectivity index (χ2v) is 8.86. The first-order chi connectivity index (χ1) is 14.8. The molecule has 2 N–H and O–H groups in total. The number of benzene rings is 2. The van der Waals surface area contributed by atoms with E-state index in [1.165, 1.54) is 36.2 Å². The van der Waals surface area contributed by atoms with E-state index in [-0.39, 0.29) is 24.3 Å². The molecule has 0 saturated heterocycles. The van der Waals surface area contributed by atoms with E-state index in [1.807, 2.05) is 6.92 Å². The number of hydrogen-bond acceptors (Lipinski definition) is 3. The Kier molecular flexibility index (Phi) is 6.29. The number of hydrogen-bond donors (Lipinski definition) is 2. The normalized spacial score (nSPS) is 19.1. The number of nitrogens with zero attached hydrogens (tertiary/aromatic N) is 1. The van der Waals surface area contributed by atoms with Crippen LogP contribution in [-0.2, 0) is 11.3 Å². The molecule has 0 amide bonds. The van der Waals surface area contributed by atoms with Gasteiger partial charge in [-0.15, -0.1) is 0 Å². The third-order valence-corrected chi connectivity index (χ3v) is 6.99. The van der Waals surface area contributed by atoms with Gasteiger partial charge in [0.2, 0.25) is 0 Å². The van der Waals surface area contributed by atoms with Crippen LogP contribution >= 0.6 is 11.9 Å². The van der Waals surface area contributed by atoms with Gasteiger partial charge in [-0.05, 0) is 86.4 Å². The first-order valence-electron chi connectivity index (χ1n) is 10.2. The van der Waals surface area contributed by atoms with E-state index < -0.39 is 17.6 Å². The van der Waals surface area contributed by atoms with E-state index in [9.17, 15) is 23.1 Å². The van der Waals surface area contributed by atoms with E-state index in [2.05, 4.69) is 4.72 Å². The first-order valence-corrected chi connectivity index (χ1v) is 11.0. The van der Waals surface area contributed by atoms with Gasteiger partial charge in [0.15, 0.2) is 0 Å². The second-order valence-electron chi connectivity index (χ2n) is 7.98. The SMILES string of the molecule is Cc1c(C2CCC(NSc3ccc(F)cc3F)CC2)c2cc(F)ccc2n1CC(=O)O. The lowest BCUT2D eigenvalue weighted by molar-refractivity contribution is -0.137. The summed E-state index contributed by atoms with van der Waals surface area (Å²) in [6.07, 6.45) is 3.41. The van der Waals surface area contributed by atoms with Gasteiger partial charge in [-0.3, -0.25) is 9.52 Å². The topological polar surface area (TPSA) is 54.3 Å². The summed E-state index contributed by atoms with van der Waals surface area (Å²) >= 11 is 1.17. The fourth-order valence-electron chi connectivity index (χ4n) is 4.54. The molecule has 0 radical (unpaired) electrons. The Bertz CT molecular complexity index is 1120. The van der Waals surface area contributed by atoms with Crippen LogP contribution in [0.5, 0.6) is 0 Å². The van der Waals surface area contributed by atoms with Crippen molar-refractivity contribution in [2.45, 2.75) is 56.0 Å². The number of rotatable bonds is 6. The van der Waals surface area contributed by atoms with Gasteiger partial charge in [-0.1, -0.05) is 0 Å². The lowest BCUT2D eigenvalue weighted by Gasteiger charge is -2.29. The van der Waals surface area contributed by atoms with Crippen molar-refractivity contribution < 1.29 is 23.1 Å². The molecule has 3 aromatic rings. The van der Waals surface area contributed by atoms with Crippen LogP contribution in [0, 0.1) is 24.4 Å². The molecule has 2 aromatic carbocycles. The maximum Gasteiger partial charge on any atom is 0.323 e. The summed E-state index contributed by atoms with van der Waals surface area (Å²) < 4.78 is 45.9. The highest BCUT2D eigenvalue weighted by molar-refractivity contribution is 7.97. The summed E-state index contributed by atoms with van der Waals surface area (Å²) in [5.74, 6) is -2.26. The minimum Gasteiger partial charge on any atom is -0.480 e. The highest BCUT2D eigenvalue weighted by Crippen LogP contribution is 2.40. The maximum atomic E-state index is 14.0. The van der Waals surface area contributed by atoms with Crippen molar-refractivity contribution in [3.63, 3.8) is 0 Å². The number of carboxylic acid groups (broad SMARTS) is 1. The number of halogens is 3. The predicted molar refractivity (Wildman–Crippen MR) is 115 cm³/mol. The lowest BCUT2D eigenvalue weighted by Crippen LogP contribution is -2.28. The molecule has 4 rings (SSSR count). The summed E-state index contributed by atoms with van der Waals surface area (Å²) in [5.41, 5.74) is 2.62. The molecule has 8 heteroatoms. The van der Waals surface area contributed by atoms with Gasteiger partial charge >= 0.3 is 5.97 Å². The van der Waals surface area contributed by atoms with Gasteiger partial charge in [0.1, 0.15) is 24.0 Å². The van der Waals surface area contributed by atoms with Crippen molar-refractivity contribution in [3.8, 4) is 0 Å². The molecule has 1 aromatic heterocycles. The quantitative estimate of drug-likeness (QED) is 0.470. The largest absolute Gasteiger partial charge is 0.480 e. The third kappa shape index (κ3) is 4.60. The number of nitrogens with one attached hydrogen (secondary N) is 1. The van der Waals surface area contributed by atoms with Crippen molar-refractivity contribution in [2.75, 3.05) is 0 Å². The zero-order valence-corrected chi connectivity index (χ0v) is 17.8. The van der Waals surface area contributed by atoms with Crippen LogP contribution in [0.2, 0.25) is 0 Å². The standard InChI is InChI=1S/C23H23F3N2O2S/c1-13-23(18-10-15(24)4-8-20(18)28(13)12-22(29)30)14-2-6-17(7-3-14)27-31-21-9-5-16(25)11-19(21)26/h4-5,8-11,14,17,27H,2-3,6-7,12H2,1H3,(H,29,30). The Morgan fingerprint density at radius 3 is 2.45 bits per heavy atom. The van der Waals surface area contributed by atoms with E-state index in [1.54, 1.807) is 10.6 Å². The molecule has 31 heavy (non-hydrogen) atoms. The Hall–Kier alpha value is -2.45. The number of fused-ring (bicyclic) bond motifs is 1. The number of carbonyl (C=O) groups is 1. The fourth-order valence-corrected chi connectivity index (χ4v) is 5.36. The molecule has 0 unspecified atom stereocenters. The average Bonchev–Trinajstić information content (AvgIpc) is 2.98. The molecule has 0 spiro atoms. The fraction of sp³-hybridized carbons (Fsp3) is 0.348. The zero-order chi connectivity index (χ0) is 22.1. The van der Waals surface area contributed by atoms with Gasteiger partial charge in [-0.2, -0.15) is 0 Å². The van der Waals surface area contributed by atoms with Crippen LogP contribution in [0.25, 0.3) is 10.9 Å². The molecular formula is C23H23F3N2O2S. The molecule has 0 bridgehead atoms. The van der Waals surface area contributed by atoms with Gasteiger partial charge in [0.25, 0.3) is 0 Å². The molecule has 1 heterocycles. The lowest BCUT2D eigenvalue weighted by atomic mass is 9.81. The van der Waals surface area contributed by atoms with Gasteiger partial charge < -0.3 is 9.67 Å². The summed E-state index contributed by atoms with van der Waals surface area (Å²) in [7, 11) is 0. The van der Waals surface area contributed by atoms with E-state index in [4.69, 9.17) is 0 Å². The monoisotopic (exact) mass is 448 g/mol. The zero-order valence-electron chi connectivity index (χ0n) is 17.0. The van der Waals surface area contributed by atoms with E-state index >= 15 is 0 Å². The van der Waals surface area contributed by atoms with Crippen LogP contribution in [0.3, 0.4) is 0 Å². The molecule has 1 aliphatic carbocycles. The smallest absolute Gasteiger partial charge is 0.323 e. The molecule has 1 saturated carbocycles. The summed E-state index contributed by atoms with van der Waals surface area (Å²) in [6.45, 7) is 1.73. The molecule has 0 aliphatic heterocycles. The maximum absolute atomic E-state index is 14.0. The van der Waals surface area contributed by atoms with E-state index in [0.717, 1.165) is 53.9 Å². The van der Waals surface area contributed by atoms with Crippen LogP contribution in [0.1, 0.15) is 42.9 Å². The van der Waals surface area contributed by atoms with Crippen molar-refractivity contribution in [3.05, 3.63) is 65.1 Å². The van der Waals surface area contributed by atoms with Crippen molar-refractivity contribution >= 4 is 28.8 Å². The third-order valence-electron chi connectivity index (χ3n) is 5.99. The summed E-state index contributed by atoms with van der Waals surface area (Å²) in [5, 5.41) is 10.1. The number of carboxylic acids is 1. The van der Waals surface area contributed by atoms with Gasteiger partial charge in [0, 0.05) is 28.7 Å². The molecule has 0 atom stereocenters. The van der Waals surface area contributed by atoms with Crippen molar-refractivity contribution in [1.82, 2.24) is 9.29 Å². The van der Waals surface area contributed by atoms with E-state index in [0.29, 0.717) is 4.90 Å². The minimum absolute atomic E-state index is 0.162. The Labute approximate surface area is 182 Å². The molecule has 1 aliphatic rings. The summed E-state index contributed by atoms with van der Waals surface area (Å²) in [6, 6.07) is 8.20. The van der Waals surface area contributed by atoms with Crippen LogP contribution in [0.15, 0.2) is 41.3 Å². The highest BCUT2D eigenvalue weighted by atomic mass is 32.2. The van der Waals surface area contributed by atoms with Crippen molar-refractivity contribution in [2.24, 2.45) is 0 Å². The number of aromatic nitrogens is 1. The van der Waals surface area contributed by atoms with Crippen LogP contribution < -0.4 is 4.72 Å². The van der Waals surface area contributed by atoms with Gasteiger partial charge in [0.05, 0.1) is 4.90 Å². The first kappa shape index (κ1) is 21.8. The molecule has 1 fully saturated rings. The number of aliphatic carboxylic acids is 1. The summed E-state index contributed by atoms with van der Waals surface area (Å²) in [4.78, 5) is 11.7. The van der Waals surface area contributed by atoms with Crippen LogP contribution in [0.4, 0.5) is 13.2 Å². The van der Waals surface area contributed by atoms with Crippen LogP contribution in [-0.4, -0.2) is 21.7 Å². The van der Waals surface area contributed by atoms with Crippen molar-refractivity contribution in [1.29, 1.82) is 0 Å². The molecule has 164 valence electrons. The Balaban J connectivity index is 1.49. The minimum atomic E-state index is -0.936. The Morgan fingerprint density at radius 2 is 1.77 bits per heavy atom. The Morgan fingerprint density at radius 1 is 1.10 bits per heavy atom. The van der Waals surface area contributed by atoms with Gasteiger partial charge in [-0.25, -0.2) is 13.2 Å². The second kappa shape index (κ2) is 8.96. The average molecular weight is 449 g/mol. The molecular weight excluding hydrogens is 425 g/mol. The predicted octanol–water partition coefficient (Wildman–Crippen LogP) is 5.77.